The van der Waals surface area contributed by atoms with Crippen molar-refractivity contribution in [2.24, 2.45) is 0 Å². The third kappa shape index (κ3) is 4.84. The van der Waals surface area contributed by atoms with Crippen molar-refractivity contribution in [3.63, 3.8) is 0 Å². The van der Waals surface area contributed by atoms with E-state index in [2.05, 4.69) is 20.3 Å². The Morgan fingerprint density at radius 1 is 1.11 bits per heavy atom. The predicted octanol–water partition coefficient (Wildman–Crippen LogP) is 5.53. The van der Waals surface area contributed by atoms with E-state index in [1.807, 2.05) is 0 Å². The second-order valence-electron chi connectivity index (χ2n) is 8.21. The van der Waals surface area contributed by atoms with Gasteiger partial charge < -0.3 is 9.72 Å². The number of ketones is 1. The summed E-state index contributed by atoms with van der Waals surface area (Å²) >= 11 is 5.98. The minimum atomic E-state index is -0.479. The van der Waals surface area contributed by atoms with Crippen molar-refractivity contribution in [2.45, 2.75) is 12.8 Å². The van der Waals surface area contributed by atoms with Crippen LogP contribution in [0.4, 0.5) is 10.3 Å². The lowest BCUT2D eigenvalue weighted by Crippen LogP contribution is -2.13. The zero-order valence-corrected chi connectivity index (χ0v) is 20.0. The van der Waals surface area contributed by atoms with Crippen LogP contribution in [0, 0.1) is 5.82 Å². The highest BCUT2D eigenvalue weighted by molar-refractivity contribution is 6.30. The van der Waals surface area contributed by atoms with Gasteiger partial charge in [-0.05, 0) is 60.0 Å². The van der Waals surface area contributed by atoms with Crippen LogP contribution in [0.25, 0.3) is 27.8 Å². The van der Waals surface area contributed by atoms with E-state index in [0.717, 1.165) is 5.56 Å². The van der Waals surface area contributed by atoms with Crippen molar-refractivity contribution >= 4 is 45.9 Å². The molecule has 0 aliphatic rings. The number of carbonyl (C=O) groups is 2. The summed E-state index contributed by atoms with van der Waals surface area (Å²) < 4.78 is 20.4. The molecule has 3 heterocycles. The number of fused-ring (bicyclic) bond motifs is 2. The molecule has 3 aromatic heterocycles. The van der Waals surface area contributed by atoms with Gasteiger partial charge in [0.05, 0.1) is 16.7 Å². The van der Waals surface area contributed by atoms with Gasteiger partial charge in [0.2, 0.25) is 5.95 Å². The van der Waals surface area contributed by atoms with Crippen LogP contribution in [0.2, 0.25) is 5.02 Å². The van der Waals surface area contributed by atoms with Crippen molar-refractivity contribution in [3.8, 4) is 11.1 Å². The number of imidazole rings is 2. The van der Waals surface area contributed by atoms with Crippen LogP contribution >= 0.6 is 11.6 Å². The van der Waals surface area contributed by atoms with E-state index in [4.69, 9.17) is 16.3 Å². The topological polar surface area (TPSA) is 101 Å². The minimum absolute atomic E-state index is 0.0605. The molecule has 5 aromatic rings. The Kier molecular flexibility index (Phi) is 6.49. The molecule has 0 spiro atoms. The zero-order chi connectivity index (χ0) is 25.2. The molecule has 0 aliphatic carbocycles. The third-order valence-corrected chi connectivity index (χ3v) is 5.89. The van der Waals surface area contributed by atoms with Gasteiger partial charge in [-0.25, -0.2) is 14.4 Å². The quantitative estimate of drug-likeness (QED) is 0.213. The smallest absolute Gasteiger partial charge is 0.278 e. The first-order valence-corrected chi connectivity index (χ1v) is 11.6. The first-order valence-electron chi connectivity index (χ1n) is 11.2. The number of rotatable bonds is 8. The summed E-state index contributed by atoms with van der Waals surface area (Å²) in [6.45, 7) is 0.494. The molecule has 0 bridgehead atoms. The Labute approximate surface area is 210 Å². The fraction of sp³-hybridized carbons (Fsp3) is 0.154. The van der Waals surface area contributed by atoms with Crippen LogP contribution in [0.1, 0.15) is 33.8 Å². The molecule has 0 fully saturated rings. The highest BCUT2D eigenvalue weighted by atomic mass is 35.5. The maximum atomic E-state index is 13.8. The number of Topliss-reactive ketones (excluding diaryl/α,β-unsaturated/α-hetero) is 1. The number of benzene rings is 2. The average molecular weight is 506 g/mol. The van der Waals surface area contributed by atoms with Gasteiger partial charge in [-0.2, -0.15) is 0 Å². The first kappa shape index (κ1) is 23.7. The SMILES string of the molecule is COCCCC(=O)c1cccc2nc(C(=O)Nc3nc4ccc(-c5cc(F)cc(Cl)c5)cc4[nH]3)cn12. The third-order valence-electron chi connectivity index (χ3n) is 5.67. The highest BCUT2D eigenvalue weighted by Gasteiger charge is 2.17. The van der Waals surface area contributed by atoms with E-state index in [0.29, 0.717) is 52.4 Å². The number of H-pyrrole nitrogens is 1. The molecule has 0 saturated carbocycles. The summed E-state index contributed by atoms with van der Waals surface area (Å²) in [6.07, 6.45) is 2.46. The van der Waals surface area contributed by atoms with Crippen molar-refractivity contribution < 1.29 is 18.7 Å². The van der Waals surface area contributed by atoms with E-state index < -0.39 is 11.7 Å². The van der Waals surface area contributed by atoms with Crippen molar-refractivity contribution in [1.82, 2.24) is 19.4 Å². The molecule has 182 valence electrons. The molecule has 0 aliphatic heterocycles. The number of anilines is 1. The summed E-state index contributed by atoms with van der Waals surface area (Å²) in [5, 5.41) is 3.01. The van der Waals surface area contributed by atoms with Crippen LogP contribution < -0.4 is 5.32 Å². The number of ether oxygens (including phenoxy) is 1. The van der Waals surface area contributed by atoms with Gasteiger partial charge >= 0.3 is 0 Å². The second-order valence-corrected chi connectivity index (χ2v) is 8.65. The Hall–Kier alpha value is -4.08. The maximum Gasteiger partial charge on any atom is 0.278 e. The molecule has 0 atom stereocenters. The molecule has 8 nitrogen and oxygen atoms in total. The van der Waals surface area contributed by atoms with Gasteiger partial charge in [-0.3, -0.25) is 19.3 Å². The number of hydrogen-bond acceptors (Lipinski definition) is 5. The molecular formula is C26H21ClFN5O3. The molecule has 1 amide bonds. The zero-order valence-electron chi connectivity index (χ0n) is 19.2. The molecule has 36 heavy (non-hydrogen) atoms. The Bertz CT molecular complexity index is 1590. The number of aromatic amines is 1. The number of nitrogens with zero attached hydrogens (tertiary/aromatic N) is 3. The number of methoxy groups -OCH3 is 1. The van der Waals surface area contributed by atoms with Crippen LogP contribution in [-0.4, -0.2) is 44.8 Å². The second kappa shape index (κ2) is 9.88. The molecule has 0 unspecified atom stereocenters. The predicted molar refractivity (Wildman–Crippen MR) is 135 cm³/mol. The summed E-state index contributed by atoms with van der Waals surface area (Å²) in [5.41, 5.74) is 3.72. The Morgan fingerprint density at radius 3 is 2.78 bits per heavy atom. The van der Waals surface area contributed by atoms with E-state index >= 15 is 0 Å². The van der Waals surface area contributed by atoms with Gasteiger partial charge in [0.15, 0.2) is 5.78 Å². The van der Waals surface area contributed by atoms with E-state index in [1.165, 1.54) is 18.3 Å². The van der Waals surface area contributed by atoms with Crippen molar-refractivity contribution in [3.05, 3.63) is 83.0 Å². The van der Waals surface area contributed by atoms with E-state index in [1.54, 1.807) is 54.0 Å². The molecule has 0 radical (unpaired) electrons. The monoisotopic (exact) mass is 505 g/mol. The summed E-state index contributed by atoms with van der Waals surface area (Å²) in [7, 11) is 1.59. The fourth-order valence-electron chi connectivity index (χ4n) is 3.99. The van der Waals surface area contributed by atoms with Crippen LogP contribution in [0.3, 0.4) is 0 Å². The molecular weight excluding hydrogens is 485 g/mol. The number of halogens is 2. The van der Waals surface area contributed by atoms with Gasteiger partial charge in [-0.15, -0.1) is 0 Å². The molecule has 10 heteroatoms. The Balaban J connectivity index is 1.37. The first-order chi connectivity index (χ1) is 17.4. The van der Waals surface area contributed by atoms with E-state index in [9.17, 15) is 14.0 Å². The van der Waals surface area contributed by atoms with Gasteiger partial charge in [-0.1, -0.05) is 23.7 Å². The molecule has 0 saturated heterocycles. The number of pyridine rings is 1. The number of nitrogens with one attached hydrogen (secondary N) is 2. The minimum Gasteiger partial charge on any atom is -0.385 e. The summed E-state index contributed by atoms with van der Waals surface area (Å²) in [5.74, 6) is -0.734. The van der Waals surface area contributed by atoms with Crippen molar-refractivity contribution in [2.75, 3.05) is 19.0 Å². The van der Waals surface area contributed by atoms with Crippen LogP contribution in [0.15, 0.2) is 60.8 Å². The summed E-state index contributed by atoms with van der Waals surface area (Å²) in [4.78, 5) is 37.3. The Morgan fingerprint density at radius 2 is 1.97 bits per heavy atom. The van der Waals surface area contributed by atoms with E-state index in [-0.39, 0.29) is 17.4 Å². The van der Waals surface area contributed by atoms with Gasteiger partial charge in [0.1, 0.15) is 17.2 Å². The highest BCUT2D eigenvalue weighted by Crippen LogP contribution is 2.27. The van der Waals surface area contributed by atoms with Crippen molar-refractivity contribution in [1.29, 1.82) is 0 Å². The molecule has 2 N–H and O–H groups in total. The lowest BCUT2D eigenvalue weighted by molar-refractivity contribution is 0.0956. The number of amides is 1. The lowest BCUT2D eigenvalue weighted by Gasteiger charge is -2.04. The normalized spacial score (nSPS) is 11.3. The average Bonchev–Trinajstić information content (AvgIpc) is 3.46. The van der Waals surface area contributed by atoms with Crippen LogP contribution in [0.5, 0.6) is 0 Å². The lowest BCUT2D eigenvalue weighted by atomic mass is 10.1. The maximum absolute atomic E-state index is 13.8. The largest absolute Gasteiger partial charge is 0.385 e. The molecule has 5 rings (SSSR count). The molecule has 2 aromatic carbocycles. The number of aromatic nitrogens is 4. The number of carbonyl (C=O) groups excluding carboxylic acids is 2. The van der Waals surface area contributed by atoms with Gasteiger partial charge in [0, 0.05) is 31.4 Å². The standard InChI is InChI=1S/C26H21ClFN5O3/c1-36-9-3-5-23(34)22-4-2-6-24-29-21(14-33(22)24)25(35)32-26-30-19-8-7-15(12-20(19)31-26)16-10-17(27)13-18(28)11-16/h2,4,6-8,10-14H,3,5,9H2,1H3,(H2,30,31,32,35). The van der Waals surface area contributed by atoms with Gasteiger partial charge in [0.25, 0.3) is 5.91 Å². The van der Waals surface area contributed by atoms with Crippen LogP contribution in [-0.2, 0) is 4.74 Å². The number of hydrogen-bond donors (Lipinski definition) is 2. The fourth-order valence-corrected chi connectivity index (χ4v) is 4.21. The summed E-state index contributed by atoms with van der Waals surface area (Å²) in [6, 6.07) is 14.8.